The molecule has 9 heteroatoms. The molecule has 34 heavy (non-hydrogen) atoms. The van der Waals surface area contributed by atoms with Crippen LogP contribution in [0.15, 0.2) is 73.1 Å². The summed E-state index contributed by atoms with van der Waals surface area (Å²) in [5, 5.41) is 0. The van der Waals surface area contributed by atoms with E-state index in [0.29, 0.717) is 11.6 Å². The molecule has 0 saturated heterocycles. The summed E-state index contributed by atoms with van der Waals surface area (Å²) >= 11 is 0. The second kappa shape index (κ2) is 8.52. The molecule has 168 valence electrons. The number of aromatic nitrogens is 8. The first-order valence-electron chi connectivity index (χ1n) is 10.5. The average molecular weight is 537 g/mol. The molecule has 6 heterocycles. The molecular weight excluding hydrogens is 519 g/mol. The number of hydrogen-bond donors (Lipinski definition) is 0. The van der Waals surface area contributed by atoms with Crippen molar-refractivity contribution in [2.75, 3.05) is 0 Å². The van der Waals surface area contributed by atoms with Crippen molar-refractivity contribution in [2.45, 2.75) is 19.3 Å². The van der Waals surface area contributed by atoms with Gasteiger partial charge in [-0.1, -0.05) is 48.5 Å². The smallest absolute Gasteiger partial charge is 0.396 e. The first kappa shape index (κ1) is 22.0. The molecular formula is C25H18N8Pd. The molecule has 0 aliphatic carbocycles. The third-order valence-electron chi connectivity index (χ3n) is 5.70. The minimum atomic E-state index is -0.473. The Bertz CT molecular complexity index is 1500. The van der Waals surface area contributed by atoms with Gasteiger partial charge in [0.25, 0.3) is 0 Å². The summed E-state index contributed by atoms with van der Waals surface area (Å²) in [5.74, 6) is 1.41. The minimum absolute atomic E-state index is 0. The van der Waals surface area contributed by atoms with Crippen molar-refractivity contribution >= 4 is 22.3 Å². The van der Waals surface area contributed by atoms with Crippen molar-refractivity contribution in [3.05, 3.63) is 97.1 Å². The monoisotopic (exact) mass is 536 g/mol. The van der Waals surface area contributed by atoms with Gasteiger partial charge < -0.3 is 19.1 Å². The molecule has 8 nitrogen and oxygen atoms in total. The second-order valence-corrected chi connectivity index (χ2v) is 8.17. The molecule has 6 aromatic heterocycles. The molecule has 6 rings (SSSR count). The molecule has 0 amide bonds. The van der Waals surface area contributed by atoms with Gasteiger partial charge in [-0.3, -0.25) is 19.9 Å². The van der Waals surface area contributed by atoms with E-state index in [2.05, 4.69) is 46.4 Å². The van der Waals surface area contributed by atoms with Crippen molar-refractivity contribution in [1.29, 1.82) is 0 Å². The fraction of sp³-hybridized carbons (Fsp3) is 0.120. The van der Waals surface area contributed by atoms with Gasteiger partial charge in [-0.05, 0) is 37.0 Å². The maximum absolute atomic E-state index is 4.93. The summed E-state index contributed by atoms with van der Waals surface area (Å²) < 4.78 is 3.55. The number of imidazole rings is 2. The molecule has 6 aromatic rings. The number of nitrogens with zero attached hydrogens (tertiary/aromatic N) is 8. The Balaban J connectivity index is 0.00000241. The van der Waals surface area contributed by atoms with Crippen molar-refractivity contribution in [2.24, 2.45) is 0 Å². The van der Waals surface area contributed by atoms with Crippen molar-refractivity contribution in [3.8, 4) is 11.6 Å². The first-order valence-corrected chi connectivity index (χ1v) is 10.5. The minimum Gasteiger partial charge on any atom is -0.396 e. The van der Waals surface area contributed by atoms with Gasteiger partial charge in [0.1, 0.15) is 0 Å². The molecule has 0 N–H and O–H groups in total. The Morgan fingerprint density at radius 1 is 0.647 bits per heavy atom. The number of rotatable bonds is 4. The zero-order valence-corrected chi connectivity index (χ0v) is 19.9. The number of hydrogen-bond acceptors (Lipinski definition) is 6. The summed E-state index contributed by atoms with van der Waals surface area (Å²) in [6.45, 7) is 4.21. The largest absolute Gasteiger partial charge is 2.00 e. The fourth-order valence-electron chi connectivity index (χ4n) is 3.84. The van der Waals surface area contributed by atoms with Gasteiger partial charge in [0, 0.05) is 53.1 Å². The third-order valence-corrected chi connectivity index (χ3v) is 5.70. The van der Waals surface area contributed by atoms with Gasteiger partial charge in [-0.25, -0.2) is 0 Å². The van der Waals surface area contributed by atoms with Crippen molar-refractivity contribution < 1.29 is 20.4 Å². The van der Waals surface area contributed by atoms with Crippen LogP contribution in [0.25, 0.3) is 34.0 Å². The molecule has 0 atom stereocenters. The molecule has 0 radical (unpaired) electrons. The Kier molecular flexibility index (Phi) is 5.52. The molecule has 0 spiro atoms. The first-order chi connectivity index (χ1) is 16.1. The van der Waals surface area contributed by atoms with Crippen LogP contribution >= 0.6 is 0 Å². The van der Waals surface area contributed by atoms with Crippen LogP contribution in [0.3, 0.4) is 0 Å². The molecule has 0 aromatic carbocycles. The summed E-state index contributed by atoms with van der Waals surface area (Å²) in [6, 6.07) is 19.3. The fourth-order valence-corrected chi connectivity index (χ4v) is 3.84. The second-order valence-electron chi connectivity index (χ2n) is 8.17. The maximum atomic E-state index is 4.93. The average Bonchev–Trinajstić information content (AvgIpc) is 3.49. The summed E-state index contributed by atoms with van der Waals surface area (Å²) in [6.07, 6.45) is 9.47. The molecule has 0 aliphatic rings. The number of pyridine rings is 4. The SMILES string of the molecule is CC(C)(c1cccc(-n2[c-]nc3cccnc32)n1)c1cccc(-n2[c-]nc3cccnc32)n1.[Pd+2]. The summed E-state index contributed by atoms with van der Waals surface area (Å²) in [5.41, 5.74) is 4.25. The molecule has 0 unspecified atom stereocenters. The van der Waals surface area contributed by atoms with E-state index < -0.39 is 5.41 Å². The van der Waals surface area contributed by atoms with Gasteiger partial charge in [0.2, 0.25) is 0 Å². The van der Waals surface area contributed by atoms with Crippen LogP contribution in [-0.2, 0) is 25.8 Å². The van der Waals surface area contributed by atoms with Gasteiger partial charge in [-0.2, -0.15) is 0 Å². The topological polar surface area (TPSA) is 87.2 Å². The summed E-state index contributed by atoms with van der Waals surface area (Å²) in [7, 11) is 0. The van der Waals surface area contributed by atoms with E-state index in [1.807, 2.05) is 60.7 Å². The van der Waals surface area contributed by atoms with Crippen LogP contribution in [0, 0.1) is 12.7 Å². The molecule has 0 aliphatic heterocycles. The molecule has 0 saturated carbocycles. The van der Waals surface area contributed by atoms with Crippen molar-refractivity contribution in [3.63, 3.8) is 0 Å². The molecule has 0 fully saturated rings. The van der Waals surface area contributed by atoms with E-state index in [1.165, 1.54) is 0 Å². The van der Waals surface area contributed by atoms with E-state index in [4.69, 9.17) is 9.97 Å². The van der Waals surface area contributed by atoms with Crippen LogP contribution in [0.1, 0.15) is 25.2 Å². The Hall–Kier alpha value is -3.80. The predicted molar refractivity (Wildman–Crippen MR) is 123 cm³/mol. The van der Waals surface area contributed by atoms with Crippen LogP contribution in [0.2, 0.25) is 0 Å². The quantitative estimate of drug-likeness (QED) is 0.251. The van der Waals surface area contributed by atoms with E-state index >= 15 is 0 Å². The Labute approximate surface area is 209 Å². The van der Waals surface area contributed by atoms with E-state index in [1.54, 1.807) is 21.5 Å². The van der Waals surface area contributed by atoms with E-state index in [9.17, 15) is 0 Å². The summed E-state index contributed by atoms with van der Waals surface area (Å²) in [4.78, 5) is 27.3. The molecule has 0 bridgehead atoms. The van der Waals surface area contributed by atoms with Crippen molar-refractivity contribution in [1.82, 2.24) is 39.0 Å². The Morgan fingerprint density at radius 3 is 1.59 bits per heavy atom. The van der Waals surface area contributed by atoms with Crippen LogP contribution in [0.4, 0.5) is 0 Å². The van der Waals surface area contributed by atoms with E-state index in [-0.39, 0.29) is 20.4 Å². The van der Waals surface area contributed by atoms with Gasteiger partial charge in [0.05, 0.1) is 11.6 Å². The Morgan fingerprint density at radius 2 is 1.12 bits per heavy atom. The van der Waals surface area contributed by atoms with Gasteiger partial charge in [-0.15, -0.1) is 0 Å². The van der Waals surface area contributed by atoms with Crippen LogP contribution < -0.4 is 0 Å². The predicted octanol–water partition coefficient (Wildman–Crippen LogP) is 3.87. The zero-order chi connectivity index (χ0) is 22.4. The van der Waals surface area contributed by atoms with Gasteiger partial charge in [0.15, 0.2) is 0 Å². The normalized spacial score (nSPS) is 11.6. The maximum Gasteiger partial charge on any atom is 2.00 e. The number of fused-ring (bicyclic) bond motifs is 2. The van der Waals surface area contributed by atoms with Crippen LogP contribution in [-0.4, -0.2) is 39.0 Å². The van der Waals surface area contributed by atoms with E-state index in [0.717, 1.165) is 33.7 Å². The van der Waals surface area contributed by atoms with Gasteiger partial charge >= 0.3 is 20.4 Å². The van der Waals surface area contributed by atoms with Crippen LogP contribution in [0.5, 0.6) is 0 Å². The zero-order valence-electron chi connectivity index (χ0n) is 18.3. The third kappa shape index (κ3) is 3.59. The standard InChI is InChI=1S/C25H18N8.Pd/c1-25(2,19-9-3-11-21(30-19)32-15-28-17-7-5-13-26-23(17)32)20-10-4-12-22(31-20)33-16-29-18-8-6-14-27-24(18)33;/h3-14H,1-2H3;/q-2;+2.